The van der Waals surface area contributed by atoms with Gasteiger partial charge in [0.25, 0.3) is 0 Å². The number of carbonyl (C=O) groups is 2. The molecule has 2 fully saturated rings. The van der Waals surface area contributed by atoms with Crippen LogP contribution in [0.1, 0.15) is 38.5 Å². The molecule has 74 valence electrons. The highest BCUT2D eigenvalue weighted by molar-refractivity contribution is 6.68. The van der Waals surface area contributed by atoms with E-state index in [1.54, 1.807) is 0 Å². The molecule has 14 heavy (non-hydrogen) atoms. The van der Waals surface area contributed by atoms with Crippen LogP contribution < -0.4 is 0 Å². The van der Waals surface area contributed by atoms with Gasteiger partial charge in [-0.05, 0) is 12.8 Å². The lowest BCUT2D eigenvalue weighted by molar-refractivity contribution is -0.138. The molecule has 1 spiro atoms. The lowest BCUT2D eigenvalue weighted by Gasteiger charge is -2.28. The molecule has 0 amide bonds. The Morgan fingerprint density at radius 1 is 1.14 bits per heavy atom. The van der Waals surface area contributed by atoms with Crippen molar-refractivity contribution in [1.82, 2.24) is 0 Å². The van der Waals surface area contributed by atoms with E-state index in [2.05, 4.69) is 4.79 Å². The summed E-state index contributed by atoms with van der Waals surface area (Å²) < 4.78 is 0. The second-order valence-electron chi connectivity index (χ2n) is 4.22. The van der Waals surface area contributed by atoms with Gasteiger partial charge in [0.1, 0.15) is 0 Å². The van der Waals surface area contributed by atoms with Gasteiger partial charge in [0.05, 0.1) is 6.42 Å². The Morgan fingerprint density at radius 3 is 2.29 bits per heavy atom. The molecule has 2 aliphatic rings. The summed E-state index contributed by atoms with van der Waals surface area (Å²) in [6, 6.07) is 0. The van der Waals surface area contributed by atoms with Crippen LogP contribution in [0.4, 0.5) is 0 Å². The molecule has 0 saturated heterocycles. The zero-order chi connectivity index (χ0) is 10.2. The quantitative estimate of drug-likeness (QED) is 0.328. The van der Waals surface area contributed by atoms with Crippen LogP contribution >= 0.6 is 0 Å². The maximum atomic E-state index is 11.7. The molecule has 2 rings (SSSR count). The van der Waals surface area contributed by atoms with Crippen LogP contribution in [-0.2, 0) is 9.59 Å². The van der Waals surface area contributed by atoms with Crippen LogP contribution in [0, 0.1) is 5.41 Å². The van der Waals surface area contributed by atoms with E-state index in [-0.39, 0.29) is 11.5 Å². The lowest BCUT2D eigenvalue weighted by atomic mass is 9.72. The zero-order valence-electron chi connectivity index (χ0n) is 7.95. The third kappa shape index (κ3) is 1.15. The fraction of sp³-hybridized carbons (Fsp3) is 0.700. The number of hydrogen-bond donors (Lipinski definition) is 0. The van der Waals surface area contributed by atoms with E-state index >= 15 is 0 Å². The Bertz CT molecular complexity index is 347. The molecule has 4 nitrogen and oxygen atoms in total. The average Bonchev–Trinajstić information content (AvgIpc) is 2.45. The highest BCUT2D eigenvalue weighted by atomic mass is 16.2. The molecular weight excluding hydrogens is 180 g/mol. The molecule has 0 aromatic rings. The van der Waals surface area contributed by atoms with Gasteiger partial charge in [-0.25, -0.2) is 0 Å². The molecule has 2 saturated carbocycles. The van der Waals surface area contributed by atoms with Gasteiger partial charge < -0.3 is 5.53 Å². The first-order valence-electron chi connectivity index (χ1n) is 5.00. The van der Waals surface area contributed by atoms with Crippen molar-refractivity contribution in [3.63, 3.8) is 0 Å². The lowest BCUT2D eigenvalue weighted by Crippen LogP contribution is -2.30. The summed E-state index contributed by atoms with van der Waals surface area (Å²) >= 11 is 0. The van der Waals surface area contributed by atoms with Gasteiger partial charge in [-0.1, -0.05) is 19.3 Å². The first kappa shape index (κ1) is 9.28. The van der Waals surface area contributed by atoms with Crippen LogP contribution in [0.25, 0.3) is 5.53 Å². The number of rotatable bonds is 0. The zero-order valence-corrected chi connectivity index (χ0v) is 7.95. The summed E-state index contributed by atoms with van der Waals surface area (Å²) in [6.07, 6.45) is 5.03. The van der Waals surface area contributed by atoms with E-state index in [9.17, 15) is 9.59 Å². The summed E-state index contributed by atoms with van der Waals surface area (Å²) in [5.41, 5.74) is 8.13. The van der Waals surface area contributed by atoms with Crippen molar-refractivity contribution in [1.29, 1.82) is 0 Å². The Hall–Kier alpha value is -1.28. The average molecular weight is 192 g/mol. The number of nitrogens with zero attached hydrogens (tertiary/aromatic N) is 2. The molecule has 0 aromatic heterocycles. The highest BCUT2D eigenvalue weighted by Gasteiger charge is 2.55. The van der Waals surface area contributed by atoms with E-state index in [1.165, 1.54) is 0 Å². The SMILES string of the molecule is [N-]=[N+]=C1CC2(CCCCC2)C(=O)C1=O. The number of Topliss-reactive ketones (excluding diaryl/α,β-unsaturated/α-hetero) is 2. The van der Waals surface area contributed by atoms with E-state index in [0.29, 0.717) is 6.42 Å². The standard InChI is InChI=1S/C10H12N2O2/c11-12-7-6-10(9(14)8(7)13)4-2-1-3-5-10/h1-6H2. The highest BCUT2D eigenvalue weighted by Crippen LogP contribution is 2.43. The Labute approximate surface area is 81.9 Å². The van der Waals surface area contributed by atoms with Crippen LogP contribution in [-0.4, -0.2) is 22.1 Å². The van der Waals surface area contributed by atoms with Crippen molar-refractivity contribution in [3.8, 4) is 0 Å². The largest absolute Gasteiger partial charge is 0.361 e. The van der Waals surface area contributed by atoms with Gasteiger partial charge in [-0.15, -0.1) is 0 Å². The van der Waals surface area contributed by atoms with Crippen molar-refractivity contribution in [2.24, 2.45) is 5.41 Å². The topological polar surface area (TPSA) is 70.5 Å². The van der Waals surface area contributed by atoms with Gasteiger partial charge >= 0.3 is 11.5 Å². The second kappa shape index (κ2) is 3.14. The minimum absolute atomic E-state index is 0.0527. The van der Waals surface area contributed by atoms with Crippen molar-refractivity contribution in [2.75, 3.05) is 0 Å². The first-order chi connectivity index (χ1) is 6.69. The monoisotopic (exact) mass is 192 g/mol. The third-order valence-electron chi connectivity index (χ3n) is 3.39. The maximum absolute atomic E-state index is 11.7. The van der Waals surface area contributed by atoms with Gasteiger partial charge in [0.2, 0.25) is 5.78 Å². The van der Waals surface area contributed by atoms with Crippen molar-refractivity contribution >= 4 is 17.3 Å². The molecule has 0 N–H and O–H groups in total. The molecule has 0 bridgehead atoms. The molecule has 0 unspecified atom stereocenters. The van der Waals surface area contributed by atoms with Gasteiger partial charge in [-0.3, -0.25) is 9.59 Å². The molecule has 0 heterocycles. The fourth-order valence-electron chi connectivity index (χ4n) is 2.57. The van der Waals surface area contributed by atoms with Crippen LogP contribution in [0.3, 0.4) is 0 Å². The molecule has 0 radical (unpaired) electrons. The van der Waals surface area contributed by atoms with Crippen molar-refractivity contribution in [2.45, 2.75) is 38.5 Å². The predicted molar refractivity (Wildman–Crippen MR) is 48.8 cm³/mol. The Balaban J connectivity index is 2.34. The number of ketones is 2. The van der Waals surface area contributed by atoms with Gasteiger partial charge in [0.15, 0.2) is 0 Å². The van der Waals surface area contributed by atoms with Gasteiger partial charge in [0, 0.05) is 5.41 Å². The smallest absolute Gasteiger partial charge is 0.343 e. The second-order valence-corrected chi connectivity index (χ2v) is 4.22. The third-order valence-corrected chi connectivity index (χ3v) is 3.39. The number of carbonyl (C=O) groups excluding carboxylic acids is 2. The van der Waals surface area contributed by atoms with Crippen LogP contribution in [0.2, 0.25) is 0 Å². The minimum atomic E-state index is -0.575. The van der Waals surface area contributed by atoms with Gasteiger partial charge in [-0.2, -0.15) is 4.79 Å². The van der Waals surface area contributed by atoms with Crippen molar-refractivity contribution in [3.05, 3.63) is 5.53 Å². The normalized spacial score (nSPS) is 25.6. The minimum Gasteiger partial charge on any atom is -0.361 e. The molecule has 0 atom stereocenters. The Kier molecular flexibility index (Phi) is 2.08. The van der Waals surface area contributed by atoms with Crippen molar-refractivity contribution < 1.29 is 14.4 Å². The first-order valence-corrected chi connectivity index (χ1v) is 5.00. The van der Waals surface area contributed by atoms with Crippen LogP contribution in [0.15, 0.2) is 0 Å². The maximum Gasteiger partial charge on any atom is 0.343 e. The fourth-order valence-corrected chi connectivity index (χ4v) is 2.57. The summed E-state index contributed by atoms with van der Waals surface area (Å²) in [4.78, 5) is 26.0. The van der Waals surface area contributed by atoms with Crippen LogP contribution in [0.5, 0.6) is 0 Å². The van der Waals surface area contributed by atoms with E-state index in [0.717, 1.165) is 32.1 Å². The molecule has 2 aliphatic carbocycles. The molecular formula is C10H12N2O2. The predicted octanol–water partition coefficient (Wildman–Crippen LogP) is 1.15. The summed E-state index contributed by atoms with van der Waals surface area (Å²) in [7, 11) is 0. The van der Waals surface area contributed by atoms with E-state index in [1.807, 2.05) is 0 Å². The van der Waals surface area contributed by atoms with E-state index < -0.39 is 11.2 Å². The van der Waals surface area contributed by atoms with E-state index in [4.69, 9.17) is 5.53 Å². The molecule has 0 aromatic carbocycles. The Morgan fingerprint density at radius 2 is 1.79 bits per heavy atom. The molecule has 0 aliphatic heterocycles. The summed E-state index contributed by atoms with van der Waals surface area (Å²) in [6.45, 7) is 0. The molecule has 4 heteroatoms. The summed E-state index contributed by atoms with van der Waals surface area (Å²) in [5, 5.41) is 0. The number of hydrogen-bond acceptors (Lipinski definition) is 2. The summed E-state index contributed by atoms with van der Waals surface area (Å²) in [5.74, 6) is -0.903.